The molecule has 3 nitrogen and oxygen atoms in total. The van der Waals surface area contributed by atoms with Gasteiger partial charge in [0.05, 0.1) is 12.7 Å². The van der Waals surface area contributed by atoms with Crippen LogP contribution in [0.15, 0.2) is 24.3 Å². The Morgan fingerprint density at radius 3 is 1.81 bits per heavy atom. The van der Waals surface area contributed by atoms with Gasteiger partial charge in [-0.1, -0.05) is 66.7 Å². The Hall–Kier alpha value is -0.496. The molecule has 0 unspecified atom stereocenters. The van der Waals surface area contributed by atoms with E-state index in [0.29, 0.717) is 6.61 Å². The third-order valence-electron chi connectivity index (χ3n) is 5.92. The Bertz CT molecular complexity index is 494. The van der Waals surface area contributed by atoms with E-state index in [0.717, 1.165) is 6.29 Å². The summed E-state index contributed by atoms with van der Waals surface area (Å²) in [5, 5.41) is 0.350. The standard InChI is InChI=1S/C21H42O3Si2/c1-18(14-12-16-22)19(24-26(10,11)21(5,6)7)15-13-17-23-25(8,9)20(2,3)4/h12-16,18-19H,17H2,1-11H3/b14-12+,15-13+/t18-,19+/m0/s1. The van der Waals surface area contributed by atoms with Gasteiger partial charge < -0.3 is 8.85 Å². The van der Waals surface area contributed by atoms with Crippen LogP contribution in [0.1, 0.15) is 48.5 Å². The number of hydrogen-bond donors (Lipinski definition) is 0. The van der Waals surface area contributed by atoms with Gasteiger partial charge in [-0.2, -0.15) is 0 Å². The van der Waals surface area contributed by atoms with Gasteiger partial charge in [-0.05, 0) is 42.3 Å². The molecule has 0 fully saturated rings. The third-order valence-corrected chi connectivity index (χ3v) is 14.9. The molecule has 0 bridgehead atoms. The first kappa shape index (κ1) is 25.5. The lowest BCUT2D eigenvalue weighted by molar-refractivity contribution is -0.104. The zero-order valence-corrected chi connectivity index (χ0v) is 21.0. The predicted molar refractivity (Wildman–Crippen MR) is 119 cm³/mol. The summed E-state index contributed by atoms with van der Waals surface area (Å²) in [7, 11) is -3.65. The zero-order chi connectivity index (χ0) is 20.8. The van der Waals surface area contributed by atoms with Crippen molar-refractivity contribution in [1.82, 2.24) is 0 Å². The second kappa shape index (κ2) is 9.62. The highest BCUT2D eigenvalue weighted by molar-refractivity contribution is 6.74. The van der Waals surface area contributed by atoms with Crippen molar-refractivity contribution in [1.29, 1.82) is 0 Å². The second-order valence-corrected chi connectivity index (χ2v) is 19.8. The van der Waals surface area contributed by atoms with Crippen LogP contribution in [0.2, 0.25) is 36.3 Å². The summed E-state index contributed by atoms with van der Waals surface area (Å²) in [4.78, 5) is 10.7. The van der Waals surface area contributed by atoms with Crippen LogP contribution in [-0.2, 0) is 13.6 Å². The Labute approximate surface area is 164 Å². The number of aldehydes is 1. The van der Waals surface area contributed by atoms with Crippen molar-refractivity contribution < 1.29 is 13.6 Å². The summed E-state index contributed by atoms with van der Waals surface area (Å²) < 4.78 is 12.8. The van der Waals surface area contributed by atoms with Crippen molar-refractivity contribution in [3.05, 3.63) is 24.3 Å². The van der Waals surface area contributed by atoms with Crippen LogP contribution >= 0.6 is 0 Å². The van der Waals surface area contributed by atoms with Crippen LogP contribution in [0.4, 0.5) is 0 Å². The molecule has 0 N–H and O–H groups in total. The maximum absolute atomic E-state index is 10.7. The first-order valence-corrected chi connectivity index (χ1v) is 15.5. The average Bonchev–Trinajstić information content (AvgIpc) is 2.45. The van der Waals surface area contributed by atoms with Crippen molar-refractivity contribution in [3.63, 3.8) is 0 Å². The van der Waals surface area contributed by atoms with Crippen LogP contribution in [0, 0.1) is 5.92 Å². The number of hydrogen-bond acceptors (Lipinski definition) is 3. The largest absolute Gasteiger partial charge is 0.413 e. The van der Waals surface area contributed by atoms with Crippen LogP contribution in [0.3, 0.4) is 0 Å². The minimum Gasteiger partial charge on any atom is -0.413 e. The molecule has 0 aliphatic heterocycles. The summed E-state index contributed by atoms with van der Waals surface area (Å²) in [6, 6.07) is 0. The lowest BCUT2D eigenvalue weighted by atomic mass is 10.0. The van der Waals surface area contributed by atoms with E-state index in [9.17, 15) is 4.79 Å². The van der Waals surface area contributed by atoms with Gasteiger partial charge in [0.2, 0.25) is 0 Å². The van der Waals surface area contributed by atoms with E-state index in [1.165, 1.54) is 0 Å². The van der Waals surface area contributed by atoms with E-state index in [1.807, 2.05) is 6.08 Å². The Morgan fingerprint density at radius 1 is 0.885 bits per heavy atom. The Kier molecular flexibility index (Phi) is 9.44. The predicted octanol–water partition coefficient (Wildman–Crippen LogP) is 6.35. The van der Waals surface area contributed by atoms with Crippen molar-refractivity contribution in [2.24, 2.45) is 5.92 Å². The molecule has 0 saturated carbocycles. The number of carbonyl (C=O) groups excluding carboxylic acids is 1. The van der Waals surface area contributed by atoms with Gasteiger partial charge in [0.1, 0.15) is 6.29 Å². The number of rotatable bonds is 9. The summed E-state index contributed by atoms with van der Waals surface area (Å²) >= 11 is 0. The molecule has 0 aromatic carbocycles. The molecule has 2 atom stereocenters. The second-order valence-electron chi connectivity index (χ2n) is 10.2. The first-order chi connectivity index (χ1) is 11.5. The lowest BCUT2D eigenvalue weighted by Gasteiger charge is -2.40. The van der Waals surface area contributed by atoms with E-state index < -0.39 is 16.6 Å². The smallest absolute Gasteiger partial charge is 0.192 e. The number of allylic oxidation sites excluding steroid dienone is 1. The maximum atomic E-state index is 10.7. The van der Waals surface area contributed by atoms with Crippen molar-refractivity contribution in [2.75, 3.05) is 6.61 Å². The van der Waals surface area contributed by atoms with Crippen molar-refractivity contribution >= 4 is 22.9 Å². The van der Waals surface area contributed by atoms with Crippen molar-refractivity contribution in [2.45, 2.75) is 90.8 Å². The normalized spacial score (nSPS) is 17.0. The summed E-state index contributed by atoms with van der Waals surface area (Å²) in [5.41, 5.74) is 0. The van der Waals surface area contributed by atoms with Gasteiger partial charge in [0.25, 0.3) is 0 Å². The van der Waals surface area contributed by atoms with Crippen LogP contribution < -0.4 is 0 Å². The molecule has 0 aliphatic carbocycles. The summed E-state index contributed by atoms with van der Waals surface area (Å²) in [5.74, 6) is 0.137. The highest BCUT2D eigenvalue weighted by Crippen LogP contribution is 2.38. The summed E-state index contributed by atoms with van der Waals surface area (Å²) in [6.45, 7) is 25.2. The van der Waals surface area contributed by atoms with Gasteiger partial charge in [-0.15, -0.1) is 0 Å². The van der Waals surface area contributed by atoms with Crippen LogP contribution in [0.5, 0.6) is 0 Å². The molecule has 0 aromatic rings. The molecule has 0 rings (SSSR count). The third kappa shape index (κ3) is 8.03. The molecule has 0 aromatic heterocycles. The molecular weight excluding hydrogens is 356 g/mol. The molecule has 26 heavy (non-hydrogen) atoms. The van der Waals surface area contributed by atoms with Gasteiger partial charge in [-0.3, -0.25) is 4.79 Å². The minimum absolute atomic E-state index is 0.0462. The fourth-order valence-corrected chi connectivity index (χ4v) is 4.10. The van der Waals surface area contributed by atoms with E-state index >= 15 is 0 Å². The van der Waals surface area contributed by atoms with Gasteiger partial charge in [0, 0.05) is 5.92 Å². The van der Waals surface area contributed by atoms with Gasteiger partial charge in [-0.25, -0.2) is 0 Å². The number of carbonyl (C=O) groups is 1. The van der Waals surface area contributed by atoms with E-state index in [2.05, 4.69) is 86.8 Å². The molecule has 0 saturated heterocycles. The Morgan fingerprint density at radius 2 is 1.38 bits per heavy atom. The van der Waals surface area contributed by atoms with Crippen LogP contribution in [-0.4, -0.2) is 35.6 Å². The highest BCUT2D eigenvalue weighted by Gasteiger charge is 2.39. The topological polar surface area (TPSA) is 35.5 Å². The van der Waals surface area contributed by atoms with E-state index in [-0.39, 0.29) is 22.1 Å². The monoisotopic (exact) mass is 398 g/mol. The lowest BCUT2D eigenvalue weighted by Crippen LogP contribution is -2.45. The van der Waals surface area contributed by atoms with E-state index in [4.69, 9.17) is 8.85 Å². The molecule has 0 amide bonds. The van der Waals surface area contributed by atoms with E-state index in [1.54, 1.807) is 6.08 Å². The van der Waals surface area contributed by atoms with Gasteiger partial charge >= 0.3 is 0 Å². The van der Waals surface area contributed by atoms with Crippen molar-refractivity contribution in [3.8, 4) is 0 Å². The molecule has 0 aliphatic rings. The fraction of sp³-hybridized carbons (Fsp3) is 0.762. The molecule has 5 heteroatoms. The zero-order valence-electron chi connectivity index (χ0n) is 19.0. The molecule has 0 radical (unpaired) electrons. The Balaban J connectivity index is 5.20. The first-order valence-electron chi connectivity index (χ1n) is 9.65. The quantitative estimate of drug-likeness (QED) is 0.196. The molecule has 0 heterocycles. The average molecular weight is 399 g/mol. The van der Waals surface area contributed by atoms with Crippen LogP contribution in [0.25, 0.3) is 0 Å². The summed E-state index contributed by atoms with van der Waals surface area (Å²) in [6.07, 6.45) is 8.47. The SMILES string of the molecule is C[C@@H](/C=C/C=O)[C@@H](/C=C/CO[Si](C)(C)C(C)(C)C)O[Si](C)(C)C(C)(C)C. The van der Waals surface area contributed by atoms with Gasteiger partial charge in [0.15, 0.2) is 16.6 Å². The minimum atomic E-state index is -1.90. The maximum Gasteiger partial charge on any atom is 0.192 e. The highest BCUT2D eigenvalue weighted by atomic mass is 28.4. The fourth-order valence-electron chi connectivity index (χ4n) is 1.83. The molecule has 0 spiro atoms. The molecular formula is C21H42O3Si2. The molecule has 152 valence electrons.